The van der Waals surface area contributed by atoms with Crippen LogP contribution in [0.25, 0.3) is 78.1 Å². The van der Waals surface area contributed by atoms with Gasteiger partial charge in [0.1, 0.15) is 0 Å². The van der Waals surface area contributed by atoms with E-state index >= 15 is 0 Å². The molecule has 2 aliphatic carbocycles. The summed E-state index contributed by atoms with van der Waals surface area (Å²) in [5, 5.41) is 2.52. The summed E-state index contributed by atoms with van der Waals surface area (Å²) in [5.74, 6) is 0.723. The van der Waals surface area contributed by atoms with Gasteiger partial charge in [0.2, 0.25) is 0 Å². The van der Waals surface area contributed by atoms with Crippen LogP contribution in [0.15, 0.2) is 158 Å². The minimum atomic E-state index is -0.143. The van der Waals surface area contributed by atoms with E-state index in [0.29, 0.717) is 0 Å². The Morgan fingerprint density at radius 2 is 0.923 bits per heavy atom. The predicted molar refractivity (Wildman–Crippen MR) is 216 cm³/mol. The van der Waals surface area contributed by atoms with Crippen molar-refractivity contribution in [3.63, 3.8) is 0 Å². The molecule has 0 amide bonds. The summed E-state index contributed by atoms with van der Waals surface area (Å²) in [7, 11) is 0. The lowest BCUT2D eigenvalue weighted by atomic mass is 9.81. The monoisotopic (exact) mass is 666 g/mol. The second kappa shape index (κ2) is 11.2. The van der Waals surface area contributed by atoms with Crippen LogP contribution >= 0.6 is 0 Å². The van der Waals surface area contributed by atoms with Gasteiger partial charge in [-0.15, -0.1) is 0 Å². The molecule has 0 fully saturated rings. The van der Waals surface area contributed by atoms with Crippen LogP contribution in [0, 0.1) is 0 Å². The zero-order chi connectivity index (χ0) is 35.2. The molecular weight excluding hydrogens is 629 g/mol. The zero-order valence-electron chi connectivity index (χ0n) is 29.9. The SMILES string of the molecule is CC1(C)c2ccccc2-c2cc(-c3ccccc3-c3cc(-c4cccc5c4-c4cc6ccccc6cc4C5(C)C)nc(-c4ccccc4)n3)ccc21. The van der Waals surface area contributed by atoms with Crippen molar-refractivity contribution in [3.8, 4) is 67.3 Å². The van der Waals surface area contributed by atoms with E-state index in [1.807, 2.05) is 6.07 Å². The van der Waals surface area contributed by atoms with Crippen molar-refractivity contribution in [1.82, 2.24) is 9.97 Å². The van der Waals surface area contributed by atoms with E-state index in [1.54, 1.807) is 0 Å². The molecule has 0 unspecified atom stereocenters. The fraction of sp³-hybridized carbons (Fsp3) is 0.120. The molecule has 0 saturated heterocycles. The standard InChI is InChI=1S/C50H38N2/c1-49(2)41-23-13-12-20-36(41)39-28-34(25-26-42(39)49)35-19-10-11-21-37(35)45-30-46(52-48(51-45)31-15-6-5-7-16-31)38-22-14-24-43-47(38)40-27-32-17-8-9-18-33(32)29-44(40)50(43,3)4/h5-30H,1-4H3. The van der Waals surface area contributed by atoms with Crippen molar-refractivity contribution < 1.29 is 0 Å². The maximum Gasteiger partial charge on any atom is 0.160 e. The third-order valence-corrected chi connectivity index (χ3v) is 11.7. The molecule has 0 radical (unpaired) electrons. The number of fused-ring (bicyclic) bond motifs is 7. The van der Waals surface area contributed by atoms with Gasteiger partial charge in [0, 0.05) is 27.5 Å². The molecule has 0 bridgehead atoms. The summed E-state index contributed by atoms with van der Waals surface area (Å²) in [6, 6.07) is 57.3. The average Bonchev–Trinajstić information content (AvgIpc) is 3.56. The number of hydrogen-bond acceptors (Lipinski definition) is 2. The highest BCUT2D eigenvalue weighted by atomic mass is 14.9. The van der Waals surface area contributed by atoms with E-state index in [2.05, 4.69) is 179 Å². The molecule has 0 aliphatic heterocycles. The molecule has 7 aromatic carbocycles. The van der Waals surface area contributed by atoms with Gasteiger partial charge in [0.25, 0.3) is 0 Å². The van der Waals surface area contributed by atoms with Crippen LogP contribution in [0.3, 0.4) is 0 Å². The first-order valence-corrected chi connectivity index (χ1v) is 18.3. The van der Waals surface area contributed by atoms with Crippen LogP contribution in [0.5, 0.6) is 0 Å². The molecule has 8 aromatic rings. The summed E-state index contributed by atoms with van der Waals surface area (Å²) < 4.78 is 0. The lowest BCUT2D eigenvalue weighted by molar-refractivity contribution is 0.660. The largest absolute Gasteiger partial charge is 0.228 e. The Morgan fingerprint density at radius 1 is 0.346 bits per heavy atom. The highest BCUT2D eigenvalue weighted by Gasteiger charge is 2.38. The number of hydrogen-bond donors (Lipinski definition) is 0. The minimum Gasteiger partial charge on any atom is -0.228 e. The highest BCUT2D eigenvalue weighted by Crippen LogP contribution is 2.54. The van der Waals surface area contributed by atoms with Gasteiger partial charge >= 0.3 is 0 Å². The van der Waals surface area contributed by atoms with Gasteiger partial charge in [-0.25, -0.2) is 9.97 Å². The predicted octanol–water partition coefficient (Wildman–Crippen LogP) is 12.9. The number of aromatic nitrogens is 2. The third kappa shape index (κ3) is 4.50. The molecule has 0 N–H and O–H groups in total. The number of rotatable bonds is 4. The molecule has 0 atom stereocenters. The van der Waals surface area contributed by atoms with Crippen LogP contribution in [-0.2, 0) is 10.8 Å². The Balaban J connectivity index is 1.19. The quantitative estimate of drug-likeness (QED) is 0.187. The van der Waals surface area contributed by atoms with E-state index < -0.39 is 0 Å². The first-order valence-electron chi connectivity index (χ1n) is 18.3. The second-order valence-electron chi connectivity index (χ2n) is 15.4. The number of nitrogens with zero attached hydrogens (tertiary/aromatic N) is 2. The minimum absolute atomic E-state index is 0.0362. The van der Waals surface area contributed by atoms with Crippen molar-refractivity contribution in [2.75, 3.05) is 0 Å². The molecule has 0 spiro atoms. The van der Waals surface area contributed by atoms with Gasteiger partial charge in [0.05, 0.1) is 11.4 Å². The van der Waals surface area contributed by atoms with E-state index in [4.69, 9.17) is 9.97 Å². The fourth-order valence-electron chi connectivity index (χ4n) is 8.97. The van der Waals surface area contributed by atoms with Crippen molar-refractivity contribution in [2.45, 2.75) is 38.5 Å². The topological polar surface area (TPSA) is 25.8 Å². The Bertz CT molecular complexity index is 2730. The summed E-state index contributed by atoms with van der Waals surface area (Å²) in [4.78, 5) is 10.7. The third-order valence-electron chi connectivity index (χ3n) is 11.7. The van der Waals surface area contributed by atoms with Gasteiger partial charge in [-0.3, -0.25) is 0 Å². The maximum absolute atomic E-state index is 5.34. The summed E-state index contributed by atoms with van der Waals surface area (Å²) in [6.07, 6.45) is 0. The molecule has 0 saturated carbocycles. The van der Waals surface area contributed by atoms with Crippen LogP contribution in [-0.4, -0.2) is 9.97 Å². The van der Waals surface area contributed by atoms with Crippen molar-refractivity contribution in [2.24, 2.45) is 0 Å². The maximum atomic E-state index is 5.34. The average molecular weight is 667 g/mol. The lowest BCUT2D eigenvalue weighted by Crippen LogP contribution is -2.14. The first kappa shape index (κ1) is 30.7. The summed E-state index contributed by atoms with van der Waals surface area (Å²) in [6.45, 7) is 9.37. The van der Waals surface area contributed by atoms with Crippen LogP contribution in [0.2, 0.25) is 0 Å². The van der Waals surface area contributed by atoms with E-state index in [1.165, 1.54) is 60.8 Å². The molecule has 2 aliphatic rings. The van der Waals surface area contributed by atoms with Crippen molar-refractivity contribution >= 4 is 10.8 Å². The Morgan fingerprint density at radius 3 is 1.71 bits per heavy atom. The lowest BCUT2D eigenvalue weighted by Gasteiger charge is -2.22. The molecule has 248 valence electrons. The van der Waals surface area contributed by atoms with Gasteiger partial charge in [0.15, 0.2) is 5.82 Å². The fourth-order valence-corrected chi connectivity index (χ4v) is 8.97. The first-order chi connectivity index (χ1) is 25.3. The smallest absolute Gasteiger partial charge is 0.160 e. The van der Waals surface area contributed by atoms with Gasteiger partial charge in [-0.05, 0) is 90.7 Å². The Kier molecular flexibility index (Phi) is 6.60. The second-order valence-corrected chi connectivity index (χ2v) is 15.4. The van der Waals surface area contributed by atoms with Gasteiger partial charge in [-0.1, -0.05) is 161 Å². The van der Waals surface area contributed by atoms with Gasteiger partial charge in [-0.2, -0.15) is 0 Å². The normalized spacial score (nSPS) is 14.5. The zero-order valence-corrected chi connectivity index (χ0v) is 29.9. The molecule has 52 heavy (non-hydrogen) atoms. The highest BCUT2D eigenvalue weighted by molar-refractivity contribution is 5.99. The molecule has 2 heteroatoms. The van der Waals surface area contributed by atoms with Crippen LogP contribution in [0.1, 0.15) is 49.9 Å². The molecule has 2 nitrogen and oxygen atoms in total. The van der Waals surface area contributed by atoms with Crippen molar-refractivity contribution in [3.05, 3.63) is 180 Å². The van der Waals surface area contributed by atoms with Crippen LogP contribution in [0.4, 0.5) is 0 Å². The molecular formula is C50H38N2. The Labute approximate surface area is 305 Å². The molecule has 1 aromatic heterocycles. The molecule has 1 heterocycles. The summed E-state index contributed by atoms with van der Waals surface area (Å²) in [5.41, 5.74) is 17.9. The van der Waals surface area contributed by atoms with E-state index in [9.17, 15) is 0 Å². The van der Waals surface area contributed by atoms with Crippen LogP contribution < -0.4 is 0 Å². The van der Waals surface area contributed by atoms with E-state index in [-0.39, 0.29) is 10.8 Å². The number of benzene rings is 7. The molecule has 10 rings (SSSR count). The van der Waals surface area contributed by atoms with Gasteiger partial charge < -0.3 is 0 Å². The Hall–Kier alpha value is -6.12. The van der Waals surface area contributed by atoms with Crippen molar-refractivity contribution in [1.29, 1.82) is 0 Å². The summed E-state index contributed by atoms with van der Waals surface area (Å²) >= 11 is 0. The van der Waals surface area contributed by atoms with E-state index in [0.717, 1.165) is 39.5 Å².